The van der Waals surface area contributed by atoms with E-state index in [0.29, 0.717) is 12.3 Å². The van der Waals surface area contributed by atoms with Gasteiger partial charge in [0.25, 0.3) is 0 Å². The van der Waals surface area contributed by atoms with E-state index in [9.17, 15) is 0 Å². The molecule has 1 N–H and O–H groups in total. The van der Waals surface area contributed by atoms with Gasteiger partial charge >= 0.3 is 0 Å². The molecule has 0 saturated heterocycles. The number of fused-ring (bicyclic) bond motifs is 1. The monoisotopic (exact) mass is 323 g/mol. The summed E-state index contributed by atoms with van der Waals surface area (Å²) in [7, 11) is 0. The largest absolute Gasteiger partial charge is 0.422 e. The maximum atomic E-state index is 8.96. The highest BCUT2D eigenvalue weighted by Crippen LogP contribution is 2.29. The van der Waals surface area contributed by atoms with E-state index >= 15 is 0 Å². The zero-order valence-electron chi connectivity index (χ0n) is 12.1. The summed E-state index contributed by atoms with van der Waals surface area (Å²) in [5.74, 6) is 0.698. The number of aromatic nitrogens is 3. The average Bonchev–Trinajstić information content (AvgIpc) is 3.21. The van der Waals surface area contributed by atoms with Crippen LogP contribution >= 0.6 is 11.3 Å². The molecule has 5 nitrogen and oxygen atoms in total. The van der Waals surface area contributed by atoms with Gasteiger partial charge in [-0.2, -0.15) is 0 Å². The Labute approximate surface area is 136 Å². The van der Waals surface area contributed by atoms with Crippen LogP contribution in [0.3, 0.4) is 0 Å². The van der Waals surface area contributed by atoms with Crippen LogP contribution < -0.4 is 0 Å². The second-order valence-corrected chi connectivity index (χ2v) is 6.20. The lowest BCUT2D eigenvalue weighted by Gasteiger charge is -2.00. The van der Waals surface area contributed by atoms with Gasteiger partial charge in [-0.25, -0.2) is 4.98 Å². The Kier molecular flexibility index (Phi) is 3.61. The van der Waals surface area contributed by atoms with Crippen molar-refractivity contribution in [3.05, 3.63) is 65.3 Å². The molecule has 0 radical (unpaired) electrons. The minimum absolute atomic E-state index is 0.229. The molecule has 4 rings (SSSR count). The first-order valence-corrected chi connectivity index (χ1v) is 8.00. The van der Waals surface area contributed by atoms with E-state index in [0.717, 1.165) is 15.2 Å². The van der Waals surface area contributed by atoms with Gasteiger partial charge in [-0.15, -0.1) is 21.5 Å². The van der Waals surface area contributed by atoms with Crippen LogP contribution in [0.1, 0.15) is 16.8 Å². The van der Waals surface area contributed by atoms with Gasteiger partial charge < -0.3 is 9.52 Å². The molecule has 0 aliphatic rings. The van der Waals surface area contributed by atoms with Crippen molar-refractivity contribution >= 4 is 21.6 Å². The zero-order valence-corrected chi connectivity index (χ0v) is 13.0. The lowest BCUT2D eigenvalue weighted by atomic mass is 10.1. The third-order valence-corrected chi connectivity index (χ3v) is 4.50. The molecule has 0 aliphatic heterocycles. The summed E-state index contributed by atoms with van der Waals surface area (Å²) < 4.78 is 6.45. The fraction of sp³-hybridized carbons (Fsp3) is 0.118. The van der Waals surface area contributed by atoms with Crippen LogP contribution in [0, 0.1) is 0 Å². The number of benzene rings is 2. The van der Waals surface area contributed by atoms with E-state index in [-0.39, 0.29) is 12.5 Å². The zero-order chi connectivity index (χ0) is 15.6. The first-order chi connectivity index (χ1) is 11.3. The summed E-state index contributed by atoms with van der Waals surface area (Å²) in [4.78, 5) is 4.61. The molecule has 0 unspecified atom stereocenters. The molecule has 2 heterocycles. The average molecular weight is 323 g/mol. The van der Waals surface area contributed by atoms with Gasteiger partial charge in [-0.05, 0) is 23.3 Å². The van der Waals surface area contributed by atoms with E-state index < -0.39 is 0 Å². The normalized spacial score (nSPS) is 11.2. The summed E-state index contributed by atoms with van der Waals surface area (Å²) in [6, 6.07) is 16.5. The molecular weight excluding hydrogens is 310 g/mol. The number of aliphatic hydroxyl groups excluding tert-OH is 1. The van der Waals surface area contributed by atoms with Gasteiger partial charge in [0.2, 0.25) is 11.8 Å². The second-order valence-electron chi connectivity index (χ2n) is 5.08. The molecule has 0 saturated carbocycles. The highest BCUT2D eigenvalue weighted by Gasteiger charge is 2.11. The number of thiazole rings is 1. The molecule has 0 fully saturated rings. The van der Waals surface area contributed by atoms with E-state index in [1.54, 1.807) is 11.3 Å². The second kappa shape index (κ2) is 5.91. The van der Waals surface area contributed by atoms with E-state index in [4.69, 9.17) is 9.52 Å². The Hall–Kier alpha value is -2.57. The Morgan fingerprint density at radius 2 is 1.78 bits per heavy atom. The van der Waals surface area contributed by atoms with Gasteiger partial charge in [-0.1, -0.05) is 36.4 Å². The minimum Gasteiger partial charge on any atom is -0.422 e. The van der Waals surface area contributed by atoms with Crippen LogP contribution in [0.4, 0.5) is 0 Å². The summed E-state index contributed by atoms with van der Waals surface area (Å²) in [5.41, 5.74) is 3.33. The number of nitrogens with zero attached hydrogens (tertiary/aromatic N) is 3. The number of hydrogen-bond donors (Lipinski definition) is 1. The van der Waals surface area contributed by atoms with Crippen molar-refractivity contribution in [3.63, 3.8) is 0 Å². The Bertz CT molecular complexity index is 947. The topological polar surface area (TPSA) is 72.0 Å². The molecule has 0 bridgehead atoms. The van der Waals surface area contributed by atoms with Gasteiger partial charge in [0.15, 0.2) is 0 Å². The molecule has 23 heavy (non-hydrogen) atoms. The SMILES string of the molecule is OCc1nnc(Cc2nc3ccc(-c4ccccc4)cc3s2)o1. The van der Waals surface area contributed by atoms with Crippen LogP contribution in [0.2, 0.25) is 0 Å². The molecule has 0 amide bonds. The van der Waals surface area contributed by atoms with Crippen LogP contribution in [0.5, 0.6) is 0 Å². The van der Waals surface area contributed by atoms with Crippen LogP contribution in [0.15, 0.2) is 52.9 Å². The maximum absolute atomic E-state index is 8.96. The molecule has 0 atom stereocenters. The fourth-order valence-electron chi connectivity index (χ4n) is 2.41. The van der Waals surface area contributed by atoms with Crippen LogP contribution in [-0.4, -0.2) is 20.3 Å². The number of hydrogen-bond acceptors (Lipinski definition) is 6. The molecule has 2 aromatic carbocycles. The van der Waals surface area contributed by atoms with Gasteiger partial charge in [0, 0.05) is 0 Å². The van der Waals surface area contributed by atoms with Gasteiger partial charge in [-0.3, -0.25) is 0 Å². The van der Waals surface area contributed by atoms with Crippen molar-refractivity contribution in [1.29, 1.82) is 0 Å². The van der Waals surface area contributed by atoms with Gasteiger partial charge in [0.1, 0.15) is 11.6 Å². The van der Waals surface area contributed by atoms with Crippen LogP contribution in [-0.2, 0) is 13.0 Å². The third-order valence-electron chi connectivity index (χ3n) is 3.49. The number of aliphatic hydroxyl groups is 1. The predicted molar refractivity (Wildman–Crippen MR) is 88.1 cm³/mol. The number of rotatable bonds is 4. The minimum atomic E-state index is -0.243. The highest BCUT2D eigenvalue weighted by atomic mass is 32.1. The Balaban J connectivity index is 1.65. The summed E-state index contributed by atoms with van der Waals surface area (Å²) >= 11 is 1.62. The Morgan fingerprint density at radius 1 is 0.957 bits per heavy atom. The standard InChI is InChI=1S/C17H13N3O2S/c21-10-16-20-19-15(22-16)9-17-18-13-7-6-12(8-14(13)23-17)11-4-2-1-3-5-11/h1-8,21H,9-10H2. The summed E-state index contributed by atoms with van der Waals surface area (Å²) in [6.45, 7) is -0.243. The smallest absolute Gasteiger partial charge is 0.241 e. The molecule has 0 spiro atoms. The van der Waals surface area contributed by atoms with E-state index in [2.05, 4.69) is 39.4 Å². The van der Waals surface area contributed by atoms with Crippen LogP contribution in [0.25, 0.3) is 21.3 Å². The first kappa shape index (κ1) is 14.0. The quantitative estimate of drug-likeness (QED) is 0.623. The van der Waals surface area contributed by atoms with Crippen molar-refractivity contribution < 1.29 is 9.52 Å². The van der Waals surface area contributed by atoms with Gasteiger partial charge in [0.05, 0.1) is 16.6 Å². The summed E-state index contributed by atoms with van der Waals surface area (Å²) in [5, 5.41) is 17.5. The van der Waals surface area contributed by atoms with E-state index in [1.165, 1.54) is 11.1 Å². The molecule has 114 valence electrons. The van der Waals surface area contributed by atoms with Crippen molar-refractivity contribution in [3.8, 4) is 11.1 Å². The fourth-order valence-corrected chi connectivity index (χ4v) is 3.41. The molecule has 2 aromatic heterocycles. The lowest BCUT2D eigenvalue weighted by molar-refractivity contribution is 0.237. The van der Waals surface area contributed by atoms with Crippen molar-refractivity contribution in [2.24, 2.45) is 0 Å². The summed E-state index contributed by atoms with van der Waals surface area (Å²) in [6.07, 6.45) is 0.479. The van der Waals surface area contributed by atoms with Crippen molar-refractivity contribution in [1.82, 2.24) is 15.2 Å². The molecular formula is C17H13N3O2S. The molecule has 4 aromatic rings. The van der Waals surface area contributed by atoms with E-state index in [1.807, 2.05) is 24.3 Å². The van der Waals surface area contributed by atoms with Crippen molar-refractivity contribution in [2.75, 3.05) is 0 Å². The lowest BCUT2D eigenvalue weighted by Crippen LogP contribution is -1.86. The third kappa shape index (κ3) is 2.86. The predicted octanol–water partition coefficient (Wildman–Crippen LogP) is 3.43. The maximum Gasteiger partial charge on any atom is 0.241 e. The molecule has 6 heteroatoms. The first-order valence-electron chi connectivity index (χ1n) is 7.19. The van der Waals surface area contributed by atoms with Crippen molar-refractivity contribution in [2.45, 2.75) is 13.0 Å². The Morgan fingerprint density at radius 3 is 2.57 bits per heavy atom. The highest BCUT2D eigenvalue weighted by molar-refractivity contribution is 7.18. The molecule has 0 aliphatic carbocycles.